The van der Waals surface area contributed by atoms with Crippen molar-refractivity contribution in [1.82, 2.24) is 0 Å². The SMILES string of the molecule is CCCCCCCCCCCCC[CH]CCCCCCCCCCCCCCC. The van der Waals surface area contributed by atoms with Crippen molar-refractivity contribution in [2.24, 2.45) is 0 Å². The first-order valence-electron chi connectivity index (χ1n) is 14.2. The van der Waals surface area contributed by atoms with E-state index in [0.717, 1.165) is 0 Å². The molecule has 0 bridgehead atoms. The summed E-state index contributed by atoms with van der Waals surface area (Å²) < 4.78 is 0. The predicted octanol–water partition coefficient (Wildman–Crippen LogP) is 11.4. The fraction of sp³-hybridized carbons (Fsp3) is 0.966. The van der Waals surface area contributed by atoms with Gasteiger partial charge in [-0.15, -0.1) is 0 Å². The van der Waals surface area contributed by atoms with Gasteiger partial charge in [0.2, 0.25) is 0 Å². The molecule has 0 atom stereocenters. The lowest BCUT2D eigenvalue weighted by atomic mass is 10.0. The molecule has 0 aliphatic rings. The Balaban J connectivity index is 2.97. The van der Waals surface area contributed by atoms with Crippen molar-refractivity contribution in [1.29, 1.82) is 0 Å². The van der Waals surface area contributed by atoms with Crippen LogP contribution in [0.25, 0.3) is 0 Å². The van der Waals surface area contributed by atoms with Gasteiger partial charge in [0.05, 0.1) is 0 Å². The molecule has 0 aliphatic heterocycles. The van der Waals surface area contributed by atoms with Gasteiger partial charge in [-0.25, -0.2) is 0 Å². The summed E-state index contributed by atoms with van der Waals surface area (Å²) in [7, 11) is 0. The lowest BCUT2D eigenvalue weighted by Gasteiger charge is -2.04. The van der Waals surface area contributed by atoms with Crippen LogP contribution in [0.5, 0.6) is 0 Å². The Morgan fingerprint density at radius 2 is 0.483 bits per heavy atom. The Bertz CT molecular complexity index is 231. The molecule has 0 saturated heterocycles. The molecule has 0 aromatic carbocycles. The molecule has 0 aliphatic carbocycles. The fourth-order valence-corrected chi connectivity index (χ4v) is 4.40. The second-order valence-corrected chi connectivity index (χ2v) is 9.64. The summed E-state index contributed by atoms with van der Waals surface area (Å²) in [5.74, 6) is 0. The molecule has 0 fully saturated rings. The van der Waals surface area contributed by atoms with Crippen LogP contribution in [0.15, 0.2) is 0 Å². The van der Waals surface area contributed by atoms with Crippen LogP contribution in [0.3, 0.4) is 0 Å². The second-order valence-electron chi connectivity index (χ2n) is 9.64. The van der Waals surface area contributed by atoms with Gasteiger partial charge in [0.1, 0.15) is 0 Å². The van der Waals surface area contributed by atoms with E-state index in [4.69, 9.17) is 0 Å². The van der Waals surface area contributed by atoms with E-state index in [0.29, 0.717) is 0 Å². The maximum absolute atomic E-state index is 2.58. The van der Waals surface area contributed by atoms with Gasteiger partial charge in [-0.05, 0) is 6.42 Å². The van der Waals surface area contributed by atoms with Crippen molar-refractivity contribution in [3.8, 4) is 0 Å². The zero-order valence-corrected chi connectivity index (χ0v) is 21.0. The van der Waals surface area contributed by atoms with Crippen molar-refractivity contribution in [3.63, 3.8) is 0 Å². The summed E-state index contributed by atoms with van der Waals surface area (Å²) in [6.07, 6.45) is 40.4. The smallest absolute Gasteiger partial charge is 0.0386 e. The Labute approximate surface area is 187 Å². The summed E-state index contributed by atoms with van der Waals surface area (Å²) in [5, 5.41) is 0. The lowest BCUT2D eigenvalue weighted by Crippen LogP contribution is -1.85. The minimum Gasteiger partial charge on any atom is -0.0654 e. The first kappa shape index (κ1) is 29.0. The Morgan fingerprint density at radius 3 is 0.724 bits per heavy atom. The molecule has 0 nitrogen and oxygen atoms in total. The summed E-state index contributed by atoms with van der Waals surface area (Å²) >= 11 is 0. The van der Waals surface area contributed by atoms with Gasteiger partial charge in [-0.1, -0.05) is 181 Å². The van der Waals surface area contributed by atoms with Gasteiger partial charge in [-0.3, -0.25) is 0 Å². The quantitative estimate of drug-likeness (QED) is 0.125. The van der Waals surface area contributed by atoms with Crippen molar-refractivity contribution in [2.45, 2.75) is 181 Å². The van der Waals surface area contributed by atoms with Crippen molar-refractivity contribution >= 4 is 0 Å². The minimum absolute atomic E-state index is 1.37. The average Bonchev–Trinajstić information content (AvgIpc) is 2.74. The highest BCUT2D eigenvalue weighted by molar-refractivity contribution is 4.64. The van der Waals surface area contributed by atoms with Crippen LogP contribution in [0.2, 0.25) is 0 Å². The van der Waals surface area contributed by atoms with Crippen LogP contribution in [-0.4, -0.2) is 0 Å². The van der Waals surface area contributed by atoms with E-state index in [-0.39, 0.29) is 0 Å². The summed E-state index contributed by atoms with van der Waals surface area (Å²) in [4.78, 5) is 0. The van der Waals surface area contributed by atoms with E-state index in [1.54, 1.807) is 0 Å². The van der Waals surface area contributed by atoms with E-state index in [2.05, 4.69) is 20.3 Å². The van der Waals surface area contributed by atoms with Crippen LogP contribution in [0, 0.1) is 6.42 Å². The molecule has 0 N–H and O–H groups in total. The number of hydrogen-bond donors (Lipinski definition) is 0. The van der Waals surface area contributed by atoms with Gasteiger partial charge in [0.25, 0.3) is 0 Å². The van der Waals surface area contributed by atoms with E-state index >= 15 is 0 Å². The molecule has 0 saturated carbocycles. The van der Waals surface area contributed by atoms with E-state index in [1.165, 1.54) is 167 Å². The number of rotatable bonds is 26. The highest BCUT2D eigenvalue weighted by Gasteiger charge is 1.96. The fourth-order valence-electron chi connectivity index (χ4n) is 4.40. The molecule has 0 aromatic rings. The minimum atomic E-state index is 1.37. The average molecular weight is 408 g/mol. The van der Waals surface area contributed by atoms with Crippen LogP contribution < -0.4 is 0 Å². The van der Waals surface area contributed by atoms with Gasteiger partial charge in [0, 0.05) is 0 Å². The molecule has 1 radical (unpaired) electrons. The molecular formula is C29H59. The molecule has 0 unspecified atom stereocenters. The Kier molecular flexibility index (Phi) is 28.0. The summed E-state index contributed by atoms with van der Waals surface area (Å²) in [6, 6.07) is 0. The van der Waals surface area contributed by atoms with Crippen LogP contribution >= 0.6 is 0 Å². The largest absolute Gasteiger partial charge is 0.0654 e. The molecular weight excluding hydrogens is 348 g/mol. The highest BCUT2D eigenvalue weighted by atomic mass is 14.0. The first-order valence-corrected chi connectivity index (χ1v) is 14.2. The normalized spacial score (nSPS) is 11.4. The van der Waals surface area contributed by atoms with E-state index < -0.39 is 0 Å². The predicted molar refractivity (Wildman–Crippen MR) is 136 cm³/mol. The standard InChI is InChI=1S/C29H59/c1-3-5-7-9-11-13-15-17-19-21-23-25-27-29-28-26-24-22-20-18-16-14-12-10-8-6-4-2/h27H,3-26,28-29H2,1-2H3. The zero-order chi connectivity index (χ0) is 21.1. The van der Waals surface area contributed by atoms with Crippen LogP contribution in [-0.2, 0) is 0 Å². The van der Waals surface area contributed by atoms with Gasteiger partial charge in [0.15, 0.2) is 0 Å². The number of unbranched alkanes of at least 4 members (excludes halogenated alkanes) is 26. The molecule has 29 heavy (non-hydrogen) atoms. The molecule has 0 amide bonds. The molecule has 175 valence electrons. The zero-order valence-electron chi connectivity index (χ0n) is 21.0. The Hall–Kier alpha value is 0. The maximum atomic E-state index is 2.58. The second kappa shape index (κ2) is 28.0. The summed E-state index contributed by atoms with van der Waals surface area (Å²) in [6.45, 7) is 4.61. The molecule has 0 rings (SSSR count). The third kappa shape index (κ3) is 28.0. The highest BCUT2D eigenvalue weighted by Crippen LogP contribution is 2.15. The maximum Gasteiger partial charge on any atom is -0.0386 e. The summed E-state index contributed by atoms with van der Waals surface area (Å²) in [5.41, 5.74) is 0. The van der Waals surface area contributed by atoms with Gasteiger partial charge < -0.3 is 0 Å². The Morgan fingerprint density at radius 1 is 0.276 bits per heavy atom. The molecule has 0 spiro atoms. The van der Waals surface area contributed by atoms with Crippen molar-refractivity contribution in [3.05, 3.63) is 6.42 Å². The molecule has 0 aromatic heterocycles. The van der Waals surface area contributed by atoms with Crippen molar-refractivity contribution in [2.75, 3.05) is 0 Å². The van der Waals surface area contributed by atoms with Gasteiger partial charge >= 0.3 is 0 Å². The third-order valence-electron chi connectivity index (χ3n) is 6.52. The molecule has 0 heterocycles. The lowest BCUT2D eigenvalue weighted by molar-refractivity contribution is 0.535. The van der Waals surface area contributed by atoms with Crippen molar-refractivity contribution < 1.29 is 0 Å². The van der Waals surface area contributed by atoms with E-state index in [1.807, 2.05) is 0 Å². The van der Waals surface area contributed by atoms with Crippen LogP contribution in [0.4, 0.5) is 0 Å². The first-order chi connectivity index (χ1) is 14.4. The third-order valence-corrected chi connectivity index (χ3v) is 6.52. The monoisotopic (exact) mass is 407 g/mol. The number of hydrogen-bond acceptors (Lipinski definition) is 0. The van der Waals surface area contributed by atoms with Gasteiger partial charge in [-0.2, -0.15) is 0 Å². The van der Waals surface area contributed by atoms with E-state index in [9.17, 15) is 0 Å². The topological polar surface area (TPSA) is 0 Å². The molecule has 0 heteroatoms. The van der Waals surface area contributed by atoms with Crippen LogP contribution in [0.1, 0.15) is 181 Å².